The zero-order valence-electron chi connectivity index (χ0n) is 9.33. The van der Waals surface area contributed by atoms with Crippen molar-refractivity contribution in [2.24, 2.45) is 0 Å². The van der Waals surface area contributed by atoms with Crippen molar-refractivity contribution < 1.29 is 4.79 Å². The number of nitrogen functional groups attached to an aromatic ring is 1. The number of piperazine rings is 1. The average molecular weight is 231 g/mol. The van der Waals surface area contributed by atoms with Gasteiger partial charge in [-0.25, -0.2) is 4.98 Å². The summed E-state index contributed by atoms with van der Waals surface area (Å²) < 4.78 is 0. The molecule has 1 aromatic rings. The molecule has 2 N–H and O–H groups in total. The molecule has 0 aliphatic carbocycles. The Bertz CT molecular complexity index is 459. The number of nitriles is 1. The van der Waals surface area contributed by atoms with Crippen molar-refractivity contribution in [1.82, 2.24) is 9.88 Å². The van der Waals surface area contributed by atoms with Crippen molar-refractivity contribution in [2.75, 3.05) is 36.8 Å². The smallest absolute Gasteiger partial charge is 0.209 e. The van der Waals surface area contributed by atoms with Gasteiger partial charge in [0.05, 0.1) is 17.4 Å². The third-order valence-corrected chi connectivity index (χ3v) is 2.77. The molecule has 2 heterocycles. The predicted octanol–water partition coefficient (Wildman–Crippen LogP) is -0.186. The highest BCUT2D eigenvalue weighted by atomic mass is 16.1. The maximum absolute atomic E-state index is 10.6. The minimum Gasteiger partial charge on any atom is -0.397 e. The van der Waals surface area contributed by atoms with Crippen LogP contribution in [0.3, 0.4) is 0 Å². The number of anilines is 2. The van der Waals surface area contributed by atoms with E-state index in [1.165, 1.54) is 0 Å². The lowest BCUT2D eigenvalue weighted by Gasteiger charge is -2.33. The van der Waals surface area contributed by atoms with Crippen molar-refractivity contribution in [3.8, 4) is 6.07 Å². The van der Waals surface area contributed by atoms with Gasteiger partial charge in [0.25, 0.3) is 0 Å². The van der Waals surface area contributed by atoms with Gasteiger partial charge in [-0.1, -0.05) is 0 Å². The first-order valence-corrected chi connectivity index (χ1v) is 5.34. The number of aromatic nitrogens is 1. The molecule has 0 atom stereocenters. The molecule has 2 rings (SSSR count). The van der Waals surface area contributed by atoms with Gasteiger partial charge in [-0.2, -0.15) is 5.26 Å². The highest BCUT2D eigenvalue weighted by molar-refractivity contribution is 5.59. The minimum atomic E-state index is 0.476. The van der Waals surface area contributed by atoms with Crippen LogP contribution in [-0.2, 0) is 4.79 Å². The fraction of sp³-hybridized carbons (Fsp3) is 0.364. The molecule has 6 nitrogen and oxygen atoms in total. The van der Waals surface area contributed by atoms with Gasteiger partial charge in [0.2, 0.25) is 6.41 Å². The van der Waals surface area contributed by atoms with Gasteiger partial charge in [-0.3, -0.25) is 4.79 Å². The molecule has 6 heteroatoms. The minimum absolute atomic E-state index is 0.476. The van der Waals surface area contributed by atoms with Crippen molar-refractivity contribution in [3.05, 3.63) is 17.8 Å². The molecule has 1 aliphatic rings. The molecule has 0 unspecified atom stereocenters. The van der Waals surface area contributed by atoms with Gasteiger partial charge in [0.15, 0.2) is 0 Å². The predicted molar refractivity (Wildman–Crippen MR) is 63.2 cm³/mol. The lowest BCUT2D eigenvalue weighted by molar-refractivity contribution is -0.118. The van der Waals surface area contributed by atoms with E-state index in [-0.39, 0.29) is 0 Å². The highest BCUT2D eigenvalue weighted by Crippen LogP contribution is 2.20. The molecule has 88 valence electrons. The number of pyridine rings is 1. The van der Waals surface area contributed by atoms with Gasteiger partial charge in [-0.05, 0) is 6.07 Å². The average Bonchev–Trinajstić information content (AvgIpc) is 2.39. The van der Waals surface area contributed by atoms with E-state index in [0.717, 1.165) is 6.41 Å². The SMILES string of the molecule is N#Cc1cc(N)cnc1N1CCN(C=O)CC1. The van der Waals surface area contributed by atoms with Gasteiger partial charge >= 0.3 is 0 Å². The van der Waals surface area contributed by atoms with Crippen molar-refractivity contribution in [3.63, 3.8) is 0 Å². The topological polar surface area (TPSA) is 86.2 Å². The van der Waals surface area contributed by atoms with Crippen LogP contribution in [0.4, 0.5) is 11.5 Å². The van der Waals surface area contributed by atoms with Crippen LogP contribution in [0.15, 0.2) is 12.3 Å². The van der Waals surface area contributed by atoms with Gasteiger partial charge < -0.3 is 15.5 Å². The zero-order valence-corrected chi connectivity index (χ0v) is 9.33. The summed E-state index contributed by atoms with van der Waals surface area (Å²) in [6, 6.07) is 3.71. The Morgan fingerprint density at radius 3 is 2.71 bits per heavy atom. The number of hydrogen-bond acceptors (Lipinski definition) is 5. The third-order valence-electron chi connectivity index (χ3n) is 2.77. The summed E-state index contributed by atoms with van der Waals surface area (Å²) >= 11 is 0. The molecule has 1 aliphatic heterocycles. The molecule has 1 fully saturated rings. The lowest BCUT2D eigenvalue weighted by Crippen LogP contribution is -2.46. The third kappa shape index (κ3) is 2.28. The Morgan fingerprint density at radius 2 is 2.12 bits per heavy atom. The molecule has 1 amide bonds. The van der Waals surface area contributed by atoms with Crippen LogP contribution in [-0.4, -0.2) is 42.5 Å². The van der Waals surface area contributed by atoms with E-state index in [9.17, 15) is 4.79 Å². The van der Waals surface area contributed by atoms with Crippen LogP contribution in [0.1, 0.15) is 5.56 Å². The van der Waals surface area contributed by atoms with Crippen molar-refractivity contribution in [1.29, 1.82) is 5.26 Å². The number of rotatable bonds is 2. The fourth-order valence-electron chi connectivity index (χ4n) is 1.85. The van der Waals surface area contributed by atoms with E-state index >= 15 is 0 Å². The summed E-state index contributed by atoms with van der Waals surface area (Å²) in [4.78, 5) is 18.5. The summed E-state index contributed by atoms with van der Waals surface area (Å²) in [6.07, 6.45) is 2.39. The summed E-state index contributed by atoms with van der Waals surface area (Å²) in [5.41, 5.74) is 6.55. The first-order valence-electron chi connectivity index (χ1n) is 5.34. The summed E-state index contributed by atoms with van der Waals surface area (Å²) in [5, 5.41) is 9.03. The summed E-state index contributed by atoms with van der Waals surface area (Å²) in [6.45, 7) is 2.68. The Labute approximate surface area is 99.2 Å². The van der Waals surface area contributed by atoms with E-state index in [0.29, 0.717) is 43.2 Å². The molecular weight excluding hydrogens is 218 g/mol. The van der Waals surface area contributed by atoms with Gasteiger partial charge in [-0.15, -0.1) is 0 Å². The van der Waals surface area contributed by atoms with Crippen molar-refractivity contribution in [2.45, 2.75) is 0 Å². The molecular formula is C11H13N5O. The van der Waals surface area contributed by atoms with E-state index in [4.69, 9.17) is 11.0 Å². The second-order valence-corrected chi connectivity index (χ2v) is 3.88. The Morgan fingerprint density at radius 1 is 1.41 bits per heavy atom. The molecule has 17 heavy (non-hydrogen) atoms. The number of carbonyl (C=O) groups excluding carboxylic acids is 1. The van der Waals surface area contributed by atoms with E-state index in [1.54, 1.807) is 17.2 Å². The summed E-state index contributed by atoms with van der Waals surface area (Å²) in [7, 11) is 0. The molecule has 0 radical (unpaired) electrons. The van der Waals surface area contributed by atoms with E-state index in [2.05, 4.69) is 11.1 Å². The maximum Gasteiger partial charge on any atom is 0.209 e. The molecule has 1 saturated heterocycles. The van der Waals surface area contributed by atoms with Crippen LogP contribution in [0.5, 0.6) is 0 Å². The van der Waals surface area contributed by atoms with Gasteiger partial charge in [0, 0.05) is 26.2 Å². The maximum atomic E-state index is 10.6. The summed E-state index contributed by atoms with van der Waals surface area (Å²) in [5.74, 6) is 0.646. The number of nitrogens with two attached hydrogens (primary N) is 1. The standard InChI is InChI=1S/C11H13N5O/c12-6-9-5-10(13)7-14-11(9)16-3-1-15(8-17)2-4-16/h5,7-8H,1-4,13H2. The Kier molecular flexibility index (Phi) is 3.10. The highest BCUT2D eigenvalue weighted by Gasteiger charge is 2.19. The van der Waals surface area contributed by atoms with Crippen LogP contribution < -0.4 is 10.6 Å². The number of carbonyl (C=O) groups is 1. The normalized spacial score (nSPS) is 15.5. The fourth-order valence-corrected chi connectivity index (χ4v) is 1.85. The monoisotopic (exact) mass is 231 g/mol. The second kappa shape index (κ2) is 4.70. The van der Waals surface area contributed by atoms with Crippen LogP contribution >= 0.6 is 0 Å². The number of nitrogens with zero attached hydrogens (tertiary/aromatic N) is 4. The Hall–Kier alpha value is -2.29. The quantitative estimate of drug-likeness (QED) is 0.713. The first-order chi connectivity index (χ1) is 8.24. The van der Waals surface area contributed by atoms with E-state index < -0.39 is 0 Å². The molecule has 0 bridgehead atoms. The Balaban J connectivity index is 2.19. The molecule has 0 saturated carbocycles. The van der Waals surface area contributed by atoms with Crippen LogP contribution in [0, 0.1) is 11.3 Å². The van der Waals surface area contributed by atoms with E-state index in [1.807, 2.05) is 4.90 Å². The number of hydrogen-bond donors (Lipinski definition) is 1. The van der Waals surface area contributed by atoms with Gasteiger partial charge in [0.1, 0.15) is 11.9 Å². The van der Waals surface area contributed by atoms with Crippen LogP contribution in [0.2, 0.25) is 0 Å². The zero-order chi connectivity index (χ0) is 12.3. The molecule has 1 aromatic heterocycles. The van der Waals surface area contributed by atoms with Crippen molar-refractivity contribution >= 4 is 17.9 Å². The molecule has 0 spiro atoms. The van der Waals surface area contributed by atoms with Crippen LogP contribution in [0.25, 0.3) is 0 Å². The molecule has 0 aromatic carbocycles. The first kappa shape index (κ1) is 11.2. The number of amides is 1. The lowest BCUT2D eigenvalue weighted by atomic mass is 10.2. The largest absolute Gasteiger partial charge is 0.397 e. The second-order valence-electron chi connectivity index (χ2n) is 3.88.